The minimum absolute atomic E-state index is 0.0683. The molecule has 7 heteroatoms. The van der Waals surface area contributed by atoms with Crippen molar-refractivity contribution >= 4 is 29.1 Å². The standard InChI is InChI=1S/C24H30N4O3/c1-16(2)18-7-4-10-21(13-18)27-24(25-15-22-11-6-12-31-22)28-23(30)19-8-5-9-20(14-19)26-17(3)29/h4-5,7-10,13-14,16,22H,6,11-12,15H2,1-3H3,(H,26,29)(H2,25,27,28,30). The molecule has 1 heterocycles. The molecule has 164 valence electrons. The number of nitrogens with one attached hydrogen (secondary N) is 3. The Hall–Kier alpha value is -3.19. The van der Waals surface area contributed by atoms with Crippen molar-refractivity contribution in [3.8, 4) is 0 Å². The molecule has 0 saturated carbocycles. The molecule has 1 fully saturated rings. The second-order valence-corrected chi connectivity index (χ2v) is 7.95. The Bertz CT molecular complexity index is 949. The summed E-state index contributed by atoms with van der Waals surface area (Å²) < 4.78 is 5.66. The summed E-state index contributed by atoms with van der Waals surface area (Å²) in [6.45, 7) is 6.92. The lowest BCUT2D eigenvalue weighted by Gasteiger charge is -2.15. The van der Waals surface area contributed by atoms with Crippen molar-refractivity contribution in [1.29, 1.82) is 0 Å². The van der Waals surface area contributed by atoms with E-state index in [4.69, 9.17) is 4.74 Å². The Morgan fingerprint density at radius 1 is 1.10 bits per heavy atom. The summed E-state index contributed by atoms with van der Waals surface area (Å²) in [4.78, 5) is 28.8. The molecule has 0 aliphatic carbocycles. The molecule has 31 heavy (non-hydrogen) atoms. The zero-order valence-corrected chi connectivity index (χ0v) is 18.3. The summed E-state index contributed by atoms with van der Waals surface area (Å²) in [5.41, 5.74) is 3.03. The molecule has 1 aliphatic rings. The summed E-state index contributed by atoms with van der Waals surface area (Å²) in [6, 6.07) is 14.8. The third-order valence-electron chi connectivity index (χ3n) is 4.97. The van der Waals surface area contributed by atoms with Crippen LogP contribution >= 0.6 is 0 Å². The molecular formula is C24H30N4O3. The highest BCUT2D eigenvalue weighted by Crippen LogP contribution is 2.19. The number of rotatable bonds is 6. The van der Waals surface area contributed by atoms with E-state index in [1.165, 1.54) is 12.5 Å². The highest BCUT2D eigenvalue weighted by molar-refractivity contribution is 6.10. The average molecular weight is 423 g/mol. The van der Waals surface area contributed by atoms with Crippen LogP contribution in [0.1, 0.15) is 55.5 Å². The molecule has 0 bridgehead atoms. The molecule has 2 amide bonds. The summed E-state index contributed by atoms with van der Waals surface area (Å²) >= 11 is 0. The quantitative estimate of drug-likeness (QED) is 0.482. The highest BCUT2D eigenvalue weighted by atomic mass is 16.5. The van der Waals surface area contributed by atoms with E-state index in [0.29, 0.717) is 29.7 Å². The van der Waals surface area contributed by atoms with E-state index in [1.807, 2.05) is 12.1 Å². The Morgan fingerprint density at radius 2 is 1.84 bits per heavy atom. The van der Waals surface area contributed by atoms with E-state index in [-0.39, 0.29) is 17.9 Å². The number of nitrogens with zero attached hydrogens (tertiary/aromatic N) is 1. The number of ether oxygens (including phenoxy) is 1. The smallest absolute Gasteiger partial charge is 0.258 e. The van der Waals surface area contributed by atoms with Gasteiger partial charge in [0.25, 0.3) is 5.91 Å². The van der Waals surface area contributed by atoms with E-state index in [0.717, 1.165) is 25.1 Å². The molecule has 1 saturated heterocycles. The van der Waals surface area contributed by atoms with Crippen LogP contribution in [0.15, 0.2) is 53.5 Å². The van der Waals surface area contributed by atoms with Crippen LogP contribution in [0.3, 0.4) is 0 Å². The molecule has 0 aromatic heterocycles. The maximum Gasteiger partial charge on any atom is 0.258 e. The maximum absolute atomic E-state index is 12.9. The zero-order chi connectivity index (χ0) is 22.2. The lowest BCUT2D eigenvalue weighted by molar-refractivity contribution is -0.114. The number of hydrogen-bond acceptors (Lipinski definition) is 4. The molecule has 1 unspecified atom stereocenters. The summed E-state index contributed by atoms with van der Waals surface area (Å²) in [7, 11) is 0. The van der Waals surface area contributed by atoms with Crippen LogP contribution < -0.4 is 16.0 Å². The van der Waals surface area contributed by atoms with Crippen molar-refractivity contribution in [2.24, 2.45) is 4.99 Å². The lowest BCUT2D eigenvalue weighted by atomic mass is 10.0. The number of aliphatic imine (C=N–C) groups is 1. The van der Waals surface area contributed by atoms with Crippen LogP contribution in [0.25, 0.3) is 0 Å². The van der Waals surface area contributed by atoms with Gasteiger partial charge in [-0.3, -0.25) is 14.9 Å². The number of carbonyl (C=O) groups excluding carboxylic acids is 2. The van der Waals surface area contributed by atoms with Gasteiger partial charge in [0.2, 0.25) is 11.9 Å². The van der Waals surface area contributed by atoms with Crippen molar-refractivity contribution in [2.75, 3.05) is 23.8 Å². The van der Waals surface area contributed by atoms with E-state index in [9.17, 15) is 9.59 Å². The fourth-order valence-corrected chi connectivity index (χ4v) is 3.33. The summed E-state index contributed by atoms with van der Waals surface area (Å²) in [5, 5.41) is 8.80. The molecule has 2 aromatic rings. The van der Waals surface area contributed by atoms with Crippen LogP contribution in [-0.4, -0.2) is 37.0 Å². The van der Waals surface area contributed by atoms with Crippen LogP contribution in [0.4, 0.5) is 11.4 Å². The minimum atomic E-state index is -0.314. The zero-order valence-electron chi connectivity index (χ0n) is 18.3. The monoisotopic (exact) mass is 422 g/mol. The van der Waals surface area contributed by atoms with E-state index in [2.05, 4.69) is 46.9 Å². The number of benzene rings is 2. The number of hydrogen-bond donors (Lipinski definition) is 3. The van der Waals surface area contributed by atoms with Crippen LogP contribution in [0.2, 0.25) is 0 Å². The first-order valence-corrected chi connectivity index (χ1v) is 10.6. The first-order chi connectivity index (χ1) is 14.9. The van der Waals surface area contributed by atoms with Crippen molar-refractivity contribution < 1.29 is 14.3 Å². The summed E-state index contributed by atoms with van der Waals surface area (Å²) in [5.74, 6) is 0.250. The fraction of sp³-hybridized carbons (Fsp3) is 0.375. The molecule has 0 spiro atoms. The number of amides is 2. The van der Waals surface area contributed by atoms with Crippen molar-refractivity contribution in [1.82, 2.24) is 5.32 Å². The van der Waals surface area contributed by atoms with Crippen molar-refractivity contribution in [3.05, 3.63) is 59.7 Å². The van der Waals surface area contributed by atoms with Gasteiger partial charge in [-0.05, 0) is 54.7 Å². The third-order valence-corrected chi connectivity index (χ3v) is 4.97. The Labute approximate surface area is 183 Å². The van der Waals surface area contributed by atoms with Crippen molar-refractivity contribution in [2.45, 2.75) is 45.6 Å². The van der Waals surface area contributed by atoms with Crippen LogP contribution in [-0.2, 0) is 9.53 Å². The molecular weight excluding hydrogens is 392 g/mol. The van der Waals surface area contributed by atoms with E-state index < -0.39 is 0 Å². The molecule has 2 aromatic carbocycles. The number of guanidine groups is 1. The molecule has 3 rings (SSSR count). The number of anilines is 2. The van der Waals surface area contributed by atoms with Gasteiger partial charge < -0.3 is 15.4 Å². The third kappa shape index (κ3) is 6.93. The van der Waals surface area contributed by atoms with Gasteiger partial charge in [0, 0.05) is 30.5 Å². The largest absolute Gasteiger partial charge is 0.376 e. The van der Waals surface area contributed by atoms with Gasteiger partial charge in [0.05, 0.1) is 12.6 Å². The average Bonchev–Trinajstić information content (AvgIpc) is 3.25. The molecule has 0 radical (unpaired) electrons. The Balaban J connectivity index is 1.77. The topological polar surface area (TPSA) is 91.8 Å². The molecule has 7 nitrogen and oxygen atoms in total. The summed E-state index contributed by atoms with van der Waals surface area (Å²) in [6.07, 6.45) is 2.06. The van der Waals surface area contributed by atoms with Crippen LogP contribution in [0.5, 0.6) is 0 Å². The molecule has 1 atom stereocenters. The van der Waals surface area contributed by atoms with Gasteiger partial charge in [-0.2, -0.15) is 0 Å². The van der Waals surface area contributed by atoms with Crippen LogP contribution in [0, 0.1) is 0 Å². The molecule has 3 N–H and O–H groups in total. The van der Waals surface area contributed by atoms with Gasteiger partial charge in [0.1, 0.15) is 0 Å². The van der Waals surface area contributed by atoms with E-state index in [1.54, 1.807) is 24.3 Å². The lowest BCUT2D eigenvalue weighted by Crippen LogP contribution is -2.36. The SMILES string of the molecule is CC(=O)Nc1cccc(C(=O)NC(=NCC2CCCO2)Nc2cccc(C(C)C)c2)c1. The first-order valence-electron chi connectivity index (χ1n) is 10.6. The highest BCUT2D eigenvalue weighted by Gasteiger charge is 2.16. The fourth-order valence-electron chi connectivity index (χ4n) is 3.33. The minimum Gasteiger partial charge on any atom is -0.376 e. The second kappa shape index (κ2) is 10.7. The Morgan fingerprint density at radius 3 is 2.52 bits per heavy atom. The second-order valence-electron chi connectivity index (χ2n) is 7.95. The van der Waals surface area contributed by atoms with Gasteiger partial charge in [0.15, 0.2) is 0 Å². The maximum atomic E-state index is 12.9. The molecule has 1 aliphatic heterocycles. The van der Waals surface area contributed by atoms with Gasteiger partial charge >= 0.3 is 0 Å². The number of carbonyl (C=O) groups is 2. The van der Waals surface area contributed by atoms with Gasteiger partial charge in [-0.25, -0.2) is 4.99 Å². The van der Waals surface area contributed by atoms with Crippen molar-refractivity contribution in [3.63, 3.8) is 0 Å². The first kappa shape index (κ1) is 22.5. The van der Waals surface area contributed by atoms with Gasteiger partial charge in [-0.15, -0.1) is 0 Å². The van der Waals surface area contributed by atoms with Gasteiger partial charge in [-0.1, -0.05) is 32.0 Å². The predicted octanol–water partition coefficient (Wildman–Crippen LogP) is 4.15. The van der Waals surface area contributed by atoms with E-state index >= 15 is 0 Å². The Kier molecular flexibility index (Phi) is 7.78. The predicted molar refractivity (Wildman–Crippen MR) is 124 cm³/mol. The normalized spacial score (nSPS) is 16.3.